The molecule has 0 bridgehead atoms. The number of rotatable bonds is 4. The Labute approximate surface area is 93.1 Å². The van der Waals surface area contributed by atoms with Crippen LogP contribution in [0, 0.1) is 19.8 Å². The maximum Gasteiger partial charge on any atom is 0.307 e. The number of carboxylic acid groups (broad SMARTS) is 1. The number of aryl methyl sites for hydroxylation is 2. The topological polar surface area (TPSA) is 63.1 Å². The molecule has 1 N–H and O–H groups in total. The Balaban J connectivity index is 2.61. The van der Waals surface area contributed by atoms with Gasteiger partial charge in [-0.15, -0.1) is 11.8 Å². The minimum absolute atomic E-state index is 0.356. The first-order valence-corrected chi connectivity index (χ1v) is 5.65. The number of carbonyl (C=O) groups is 1. The van der Waals surface area contributed by atoms with E-state index in [9.17, 15) is 4.79 Å². The summed E-state index contributed by atoms with van der Waals surface area (Å²) < 4.78 is 0. The van der Waals surface area contributed by atoms with Crippen LogP contribution >= 0.6 is 11.8 Å². The van der Waals surface area contributed by atoms with E-state index in [-0.39, 0.29) is 5.92 Å². The highest BCUT2D eigenvalue weighted by Gasteiger charge is 2.11. The molecule has 5 heteroatoms. The van der Waals surface area contributed by atoms with Gasteiger partial charge in [-0.3, -0.25) is 4.79 Å². The molecule has 82 valence electrons. The van der Waals surface area contributed by atoms with E-state index in [1.807, 2.05) is 19.9 Å². The quantitative estimate of drug-likeness (QED) is 0.627. The van der Waals surface area contributed by atoms with Crippen molar-refractivity contribution in [3.63, 3.8) is 0 Å². The van der Waals surface area contributed by atoms with Crippen molar-refractivity contribution in [3.8, 4) is 0 Å². The van der Waals surface area contributed by atoms with E-state index in [0.717, 1.165) is 16.5 Å². The molecule has 0 aliphatic rings. The van der Waals surface area contributed by atoms with E-state index in [0.29, 0.717) is 5.75 Å². The maximum absolute atomic E-state index is 10.6. The van der Waals surface area contributed by atoms with Crippen molar-refractivity contribution in [2.45, 2.75) is 25.8 Å². The molecule has 0 amide bonds. The van der Waals surface area contributed by atoms with Crippen LogP contribution in [0.2, 0.25) is 0 Å². The molecule has 4 nitrogen and oxygen atoms in total. The first-order valence-electron chi connectivity index (χ1n) is 4.67. The summed E-state index contributed by atoms with van der Waals surface area (Å²) in [6.45, 7) is 5.42. The van der Waals surface area contributed by atoms with Crippen LogP contribution in [0.15, 0.2) is 11.1 Å². The van der Waals surface area contributed by atoms with Gasteiger partial charge in [-0.2, -0.15) is 0 Å². The molecule has 1 atom stereocenters. The van der Waals surface area contributed by atoms with Crippen LogP contribution in [-0.2, 0) is 4.79 Å². The highest BCUT2D eigenvalue weighted by atomic mass is 32.2. The van der Waals surface area contributed by atoms with Crippen LogP contribution in [0.5, 0.6) is 0 Å². The van der Waals surface area contributed by atoms with Gasteiger partial charge in [-0.05, 0) is 19.9 Å². The monoisotopic (exact) mass is 226 g/mol. The van der Waals surface area contributed by atoms with Gasteiger partial charge in [0.25, 0.3) is 0 Å². The van der Waals surface area contributed by atoms with Crippen molar-refractivity contribution >= 4 is 17.7 Å². The third-order valence-electron chi connectivity index (χ3n) is 1.85. The molecule has 15 heavy (non-hydrogen) atoms. The normalized spacial score (nSPS) is 12.5. The molecule has 0 saturated heterocycles. The van der Waals surface area contributed by atoms with Gasteiger partial charge in [0, 0.05) is 11.4 Å². The molecular weight excluding hydrogens is 212 g/mol. The van der Waals surface area contributed by atoms with E-state index in [4.69, 9.17) is 5.11 Å². The summed E-state index contributed by atoms with van der Waals surface area (Å²) >= 11 is 1.45. The molecule has 0 radical (unpaired) electrons. The van der Waals surface area contributed by atoms with E-state index in [1.54, 1.807) is 6.92 Å². The molecule has 0 aromatic carbocycles. The van der Waals surface area contributed by atoms with Gasteiger partial charge in [0.15, 0.2) is 0 Å². The first kappa shape index (κ1) is 12.0. The molecule has 1 rings (SSSR count). The summed E-state index contributed by atoms with van der Waals surface area (Å²) in [5.41, 5.74) is 0.910. The zero-order valence-electron chi connectivity index (χ0n) is 9.02. The second kappa shape index (κ2) is 5.11. The Kier molecular flexibility index (Phi) is 4.08. The van der Waals surface area contributed by atoms with Crippen molar-refractivity contribution in [2.75, 3.05) is 5.75 Å². The van der Waals surface area contributed by atoms with E-state index in [1.165, 1.54) is 11.8 Å². The third-order valence-corrected chi connectivity index (χ3v) is 3.02. The second-order valence-electron chi connectivity index (χ2n) is 3.45. The molecule has 1 unspecified atom stereocenters. The minimum atomic E-state index is -0.773. The third kappa shape index (κ3) is 3.87. The lowest BCUT2D eigenvalue weighted by atomic mass is 10.2. The lowest BCUT2D eigenvalue weighted by Crippen LogP contribution is -2.11. The predicted octanol–water partition coefficient (Wildman–Crippen LogP) is 1.91. The minimum Gasteiger partial charge on any atom is -0.481 e. The molecule has 0 fully saturated rings. The smallest absolute Gasteiger partial charge is 0.307 e. The highest BCUT2D eigenvalue weighted by Crippen LogP contribution is 2.19. The lowest BCUT2D eigenvalue weighted by molar-refractivity contribution is -0.140. The van der Waals surface area contributed by atoms with E-state index >= 15 is 0 Å². The largest absolute Gasteiger partial charge is 0.481 e. The van der Waals surface area contributed by atoms with Gasteiger partial charge in [-0.25, -0.2) is 9.97 Å². The fourth-order valence-electron chi connectivity index (χ4n) is 1.04. The van der Waals surface area contributed by atoms with Crippen LogP contribution in [0.25, 0.3) is 0 Å². The van der Waals surface area contributed by atoms with Gasteiger partial charge < -0.3 is 5.11 Å². The maximum atomic E-state index is 10.6. The Morgan fingerprint density at radius 3 is 2.73 bits per heavy atom. The molecule has 1 aromatic rings. The molecule has 1 heterocycles. The van der Waals surface area contributed by atoms with Crippen LogP contribution in [-0.4, -0.2) is 26.8 Å². The van der Waals surface area contributed by atoms with Gasteiger partial charge in [-0.1, -0.05) is 6.92 Å². The van der Waals surface area contributed by atoms with Crippen LogP contribution in [0.3, 0.4) is 0 Å². The molecular formula is C10H14N2O2S. The fraction of sp³-hybridized carbons (Fsp3) is 0.500. The Morgan fingerprint density at radius 1 is 1.53 bits per heavy atom. The van der Waals surface area contributed by atoms with Crippen LogP contribution in [0.1, 0.15) is 18.4 Å². The SMILES string of the molecule is Cc1cc(SCC(C)C(=O)O)nc(C)n1. The average molecular weight is 226 g/mol. The molecule has 0 spiro atoms. The van der Waals surface area contributed by atoms with Gasteiger partial charge in [0.1, 0.15) is 5.82 Å². The molecule has 0 aliphatic carbocycles. The predicted molar refractivity (Wildman–Crippen MR) is 59.0 cm³/mol. The van der Waals surface area contributed by atoms with E-state index < -0.39 is 5.97 Å². The van der Waals surface area contributed by atoms with Gasteiger partial charge in [0.2, 0.25) is 0 Å². The summed E-state index contributed by atoms with van der Waals surface area (Å²) in [7, 11) is 0. The number of hydrogen-bond acceptors (Lipinski definition) is 4. The summed E-state index contributed by atoms with van der Waals surface area (Å²) in [4.78, 5) is 19.0. The molecule has 1 aromatic heterocycles. The fourth-order valence-corrected chi connectivity index (χ4v) is 2.05. The number of nitrogens with zero attached hydrogens (tertiary/aromatic N) is 2. The van der Waals surface area contributed by atoms with Crippen molar-refractivity contribution < 1.29 is 9.90 Å². The zero-order valence-corrected chi connectivity index (χ0v) is 9.84. The summed E-state index contributed by atoms with van der Waals surface area (Å²) in [5.74, 6) is 0.127. The van der Waals surface area contributed by atoms with Gasteiger partial charge >= 0.3 is 5.97 Å². The zero-order chi connectivity index (χ0) is 11.4. The van der Waals surface area contributed by atoms with Crippen LogP contribution < -0.4 is 0 Å². The lowest BCUT2D eigenvalue weighted by Gasteiger charge is -2.06. The Hall–Kier alpha value is -1.10. The van der Waals surface area contributed by atoms with E-state index in [2.05, 4.69) is 9.97 Å². The average Bonchev–Trinajstić information content (AvgIpc) is 2.12. The summed E-state index contributed by atoms with van der Waals surface area (Å²) in [6.07, 6.45) is 0. The molecule has 0 aliphatic heterocycles. The molecule has 0 saturated carbocycles. The highest BCUT2D eigenvalue weighted by molar-refractivity contribution is 7.99. The van der Waals surface area contributed by atoms with Crippen molar-refractivity contribution in [1.29, 1.82) is 0 Å². The Morgan fingerprint density at radius 2 is 2.20 bits per heavy atom. The van der Waals surface area contributed by atoms with Crippen molar-refractivity contribution in [1.82, 2.24) is 9.97 Å². The summed E-state index contributed by atoms with van der Waals surface area (Å²) in [5, 5.41) is 9.56. The van der Waals surface area contributed by atoms with Crippen molar-refractivity contribution in [3.05, 3.63) is 17.6 Å². The number of hydrogen-bond donors (Lipinski definition) is 1. The number of aliphatic carboxylic acids is 1. The van der Waals surface area contributed by atoms with Crippen molar-refractivity contribution in [2.24, 2.45) is 5.92 Å². The summed E-state index contributed by atoms with van der Waals surface area (Å²) in [6, 6.07) is 1.87. The standard InChI is InChI=1S/C10H14N2O2S/c1-6(10(13)14)5-15-9-4-7(2)11-8(3)12-9/h4,6H,5H2,1-3H3,(H,13,14). The van der Waals surface area contributed by atoms with Crippen LogP contribution in [0.4, 0.5) is 0 Å². The Bertz CT molecular complexity index is 348. The first-order chi connectivity index (χ1) is 6.99. The van der Waals surface area contributed by atoms with Gasteiger partial charge in [0.05, 0.1) is 10.9 Å². The number of thioether (sulfide) groups is 1. The number of carboxylic acids is 1. The second-order valence-corrected chi connectivity index (χ2v) is 4.49. The number of aromatic nitrogens is 2.